The van der Waals surface area contributed by atoms with E-state index >= 15 is 0 Å². The van der Waals surface area contributed by atoms with Crippen molar-refractivity contribution >= 4 is 26.4 Å². The van der Waals surface area contributed by atoms with E-state index in [2.05, 4.69) is 17.7 Å². The highest BCUT2D eigenvalue weighted by Gasteiger charge is 2.30. The zero-order valence-electron chi connectivity index (χ0n) is 16.0. The molecule has 1 heterocycles. The number of thiophene rings is 1. The van der Waals surface area contributed by atoms with Gasteiger partial charge in [0.2, 0.25) is 10.0 Å². The molecule has 2 rings (SSSR count). The summed E-state index contributed by atoms with van der Waals surface area (Å²) in [5.74, 6) is 0. The third kappa shape index (κ3) is 5.09. The average Bonchev–Trinajstić information content (AvgIpc) is 2.96. The molecule has 1 aromatic heterocycles. The van der Waals surface area contributed by atoms with Crippen LogP contribution in [0.1, 0.15) is 57.4 Å². The minimum atomic E-state index is -3.49. The first-order valence-electron chi connectivity index (χ1n) is 9.03. The minimum Gasteiger partial charge on any atom is -0.392 e. The van der Waals surface area contributed by atoms with Gasteiger partial charge >= 0.3 is 0 Å². The van der Waals surface area contributed by atoms with E-state index in [9.17, 15) is 13.5 Å². The zero-order chi connectivity index (χ0) is 19.4. The van der Waals surface area contributed by atoms with Crippen LogP contribution in [-0.2, 0) is 23.1 Å². The molecule has 0 unspecified atom stereocenters. The number of rotatable bonds is 8. The van der Waals surface area contributed by atoms with E-state index in [1.54, 1.807) is 20.8 Å². The predicted molar refractivity (Wildman–Crippen MR) is 111 cm³/mol. The van der Waals surface area contributed by atoms with E-state index < -0.39 is 14.8 Å². The highest BCUT2D eigenvalue weighted by Crippen LogP contribution is 2.39. The van der Waals surface area contributed by atoms with E-state index in [0.717, 1.165) is 36.0 Å². The molecule has 2 N–H and O–H groups in total. The van der Waals surface area contributed by atoms with Crippen LogP contribution in [0.15, 0.2) is 30.3 Å². The van der Waals surface area contributed by atoms with Gasteiger partial charge in [0, 0.05) is 10.4 Å². The summed E-state index contributed by atoms with van der Waals surface area (Å²) in [5.41, 5.74) is 2.69. The number of unbranched alkanes of at least 4 members (excludes halogenated alkanes) is 2. The van der Waals surface area contributed by atoms with Crippen LogP contribution in [0, 0.1) is 0 Å². The van der Waals surface area contributed by atoms with Crippen molar-refractivity contribution in [3.05, 3.63) is 40.8 Å². The van der Waals surface area contributed by atoms with Gasteiger partial charge in [-0.25, -0.2) is 8.42 Å². The third-order valence-corrected chi connectivity index (χ3v) is 7.62. The standard InChI is InChI=1S/C20H29NO3S2/c1-5-6-7-8-17-13-18(16-11-9-15(14-22)10-12-16)19(25-17)21-26(23,24)20(2,3)4/h9-13,21-22H,5-8,14H2,1-4H3. The van der Waals surface area contributed by atoms with Crippen molar-refractivity contribution in [2.24, 2.45) is 0 Å². The maximum absolute atomic E-state index is 12.6. The maximum Gasteiger partial charge on any atom is 0.238 e. The fourth-order valence-corrected chi connectivity index (χ4v) is 4.60. The molecule has 0 aliphatic rings. The van der Waals surface area contributed by atoms with Crippen LogP contribution in [0.3, 0.4) is 0 Å². The SMILES string of the molecule is CCCCCc1cc(-c2ccc(CO)cc2)c(NS(=O)(=O)C(C)(C)C)s1. The number of benzene rings is 1. The molecule has 26 heavy (non-hydrogen) atoms. The van der Waals surface area contributed by atoms with Crippen molar-refractivity contribution in [3.8, 4) is 11.1 Å². The molecule has 0 atom stereocenters. The van der Waals surface area contributed by atoms with Gasteiger partial charge in [-0.05, 0) is 50.8 Å². The number of anilines is 1. The van der Waals surface area contributed by atoms with Crippen LogP contribution >= 0.6 is 11.3 Å². The number of nitrogens with one attached hydrogen (secondary N) is 1. The Bertz CT molecular complexity index is 816. The van der Waals surface area contributed by atoms with Crippen LogP contribution in [0.5, 0.6) is 0 Å². The number of sulfonamides is 1. The third-order valence-electron chi connectivity index (χ3n) is 4.29. The highest BCUT2D eigenvalue weighted by atomic mass is 32.2. The van der Waals surface area contributed by atoms with Crippen molar-refractivity contribution < 1.29 is 13.5 Å². The fourth-order valence-electron chi connectivity index (χ4n) is 2.47. The molecule has 0 bridgehead atoms. The van der Waals surface area contributed by atoms with Crippen LogP contribution in [-0.4, -0.2) is 18.3 Å². The monoisotopic (exact) mass is 395 g/mol. The molecular weight excluding hydrogens is 366 g/mol. The van der Waals surface area contributed by atoms with Gasteiger partial charge in [-0.2, -0.15) is 0 Å². The van der Waals surface area contributed by atoms with Gasteiger partial charge in [-0.3, -0.25) is 4.72 Å². The number of hydrogen-bond donors (Lipinski definition) is 2. The molecule has 0 aliphatic carbocycles. The fraction of sp³-hybridized carbons (Fsp3) is 0.500. The molecular formula is C20H29NO3S2. The molecule has 0 spiro atoms. The Morgan fingerprint density at radius 2 is 1.77 bits per heavy atom. The molecule has 0 saturated heterocycles. The Morgan fingerprint density at radius 1 is 1.12 bits per heavy atom. The van der Waals surface area contributed by atoms with E-state index in [-0.39, 0.29) is 6.61 Å². The molecule has 0 saturated carbocycles. The zero-order valence-corrected chi connectivity index (χ0v) is 17.6. The lowest BCUT2D eigenvalue weighted by Crippen LogP contribution is -2.33. The van der Waals surface area contributed by atoms with Crippen molar-refractivity contribution in [1.29, 1.82) is 0 Å². The molecule has 0 amide bonds. The van der Waals surface area contributed by atoms with Gasteiger partial charge in [-0.15, -0.1) is 11.3 Å². The topological polar surface area (TPSA) is 66.4 Å². The Hall–Kier alpha value is -1.37. The molecule has 6 heteroatoms. The Balaban J connectivity index is 2.40. The smallest absolute Gasteiger partial charge is 0.238 e. The second-order valence-corrected chi connectivity index (χ2v) is 11.1. The van der Waals surface area contributed by atoms with Crippen molar-refractivity contribution in [2.75, 3.05) is 4.72 Å². The maximum atomic E-state index is 12.6. The van der Waals surface area contributed by atoms with E-state index in [1.165, 1.54) is 22.6 Å². The average molecular weight is 396 g/mol. The summed E-state index contributed by atoms with van der Waals surface area (Å²) in [6, 6.07) is 9.68. The van der Waals surface area contributed by atoms with Gasteiger partial charge in [-0.1, -0.05) is 44.0 Å². The lowest BCUT2D eigenvalue weighted by atomic mass is 10.1. The van der Waals surface area contributed by atoms with Crippen LogP contribution in [0.4, 0.5) is 5.00 Å². The van der Waals surface area contributed by atoms with Crippen LogP contribution in [0.25, 0.3) is 11.1 Å². The quantitative estimate of drug-likeness (QED) is 0.605. The van der Waals surface area contributed by atoms with E-state index in [4.69, 9.17) is 0 Å². The first-order chi connectivity index (χ1) is 12.2. The van der Waals surface area contributed by atoms with Crippen molar-refractivity contribution in [1.82, 2.24) is 0 Å². The van der Waals surface area contributed by atoms with E-state index in [0.29, 0.717) is 5.00 Å². The van der Waals surface area contributed by atoms with Gasteiger partial charge < -0.3 is 5.11 Å². The second kappa shape index (κ2) is 8.55. The highest BCUT2D eigenvalue weighted by molar-refractivity contribution is 7.94. The summed E-state index contributed by atoms with van der Waals surface area (Å²) < 4.78 is 27.2. The van der Waals surface area contributed by atoms with E-state index in [1.807, 2.05) is 24.3 Å². The second-order valence-electron chi connectivity index (χ2n) is 7.49. The largest absolute Gasteiger partial charge is 0.392 e. The molecule has 144 valence electrons. The Labute approximate surface area is 161 Å². The van der Waals surface area contributed by atoms with Crippen molar-refractivity contribution in [3.63, 3.8) is 0 Å². The molecule has 4 nitrogen and oxygen atoms in total. The minimum absolute atomic E-state index is 0.00427. The van der Waals surface area contributed by atoms with Gasteiger partial charge in [0.15, 0.2) is 0 Å². The predicted octanol–water partition coefficient (Wildman–Crippen LogP) is 5.18. The first kappa shape index (κ1) is 20.9. The number of aliphatic hydroxyl groups is 1. The molecule has 2 aromatic rings. The molecule has 0 radical (unpaired) electrons. The summed E-state index contributed by atoms with van der Waals surface area (Å²) in [5, 5.41) is 9.90. The molecule has 0 aliphatic heterocycles. The number of aliphatic hydroxyl groups excluding tert-OH is 1. The molecule has 0 fully saturated rings. The summed E-state index contributed by atoms with van der Waals surface area (Å²) in [6.07, 6.45) is 4.38. The van der Waals surface area contributed by atoms with Gasteiger partial charge in [0.1, 0.15) is 5.00 Å². The van der Waals surface area contributed by atoms with Crippen molar-refractivity contribution in [2.45, 2.75) is 64.7 Å². The Kier molecular flexibility index (Phi) is 6.88. The summed E-state index contributed by atoms with van der Waals surface area (Å²) in [6.45, 7) is 7.25. The number of hydrogen-bond acceptors (Lipinski definition) is 4. The Morgan fingerprint density at radius 3 is 2.31 bits per heavy atom. The number of aryl methyl sites for hydroxylation is 1. The lowest BCUT2D eigenvalue weighted by molar-refractivity contribution is 0.282. The first-order valence-corrected chi connectivity index (χ1v) is 11.3. The summed E-state index contributed by atoms with van der Waals surface area (Å²) >= 11 is 1.52. The summed E-state index contributed by atoms with van der Waals surface area (Å²) in [7, 11) is -3.49. The summed E-state index contributed by atoms with van der Waals surface area (Å²) in [4.78, 5) is 1.19. The lowest BCUT2D eigenvalue weighted by Gasteiger charge is -2.20. The van der Waals surface area contributed by atoms with Gasteiger partial charge in [0.05, 0.1) is 11.4 Å². The van der Waals surface area contributed by atoms with Crippen LogP contribution < -0.4 is 4.72 Å². The van der Waals surface area contributed by atoms with Crippen LogP contribution in [0.2, 0.25) is 0 Å². The normalized spacial score (nSPS) is 12.3. The van der Waals surface area contributed by atoms with Gasteiger partial charge in [0.25, 0.3) is 0 Å². The molecule has 1 aromatic carbocycles.